The number of para-hydroxylation sites is 1. The second-order valence-corrected chi connectivity index (χ2v) is 8.51. The molecule has 0 saturated heterocycles. The maximum atomic E-state index is 12.3. The van der Waals surface area contributed by atoms with E-state index in [0.717, 1.165) is 16.8 Å². The van der Waals surface area contributed by atoms with Crippen LogP contribution in [0, 0.1) is 0 Å². The molecule has 0 aromatic heterocycles. The number of alkyl carbamates (subject to hydrolysis) is 1. The monoisotopic (exact) mass is 446 g/mol. The number of hydrogen-bond acceptors (Lipinski definition) is 5. The average molecular weight is 447 g/mol. The van der Waals surface area contributed by atoms with Crippen LogP contribution in [0.3, 0.4) is 0 Å². The summed E-state index contributed by atoms with van der Waals surface area (Å²) in [5, 5.41) is 23.7. The van der Waals surface area contributed by atoms with Gasteiger partial charge in [-0.3, -0.25) is 0 Å². The maximum Gasteiger partial charge on any atom is 0.407 e. The van der Waals surface area contributed by atoms with Gasteiger partial charge in [-0.2, -0.15) is 0 Å². The Morgan fingerprint density at radius 1 is 0.939 bits per heavy atom. The van der Waals surface area contributed by atoms with Crippen LogP contribution in [0.25, 0.3) is 11.1 Å². The molecule has 0 radical (unpaired) electrons. The molecule has 3 N–H and O–H groups in total. The lowest BCUT2D eigenvalue weighted by molar-refractivity contribution is 0.0139. The molecule has 4 rings (SSSR count). The summed E-state index contributed by atoms with van der Waals surface area (Å²) < 4.78 is 5.52. The van der Waals surface area contributed by atoms with Gasteiger partial charge in [-0.15, -0.1) is 0 Å². The minimum absolute atomic E-state index is 0.00176. The van der Waals surface area contributed by atoms with E-state index in [1.54, 1.807) is 6.07 Å². The van der Waals surface area contributed by atoms with Gasteiger partial charge in [0, 0.05) is 37.8 Å². The number of rotatable bonds is 8. The van der Waals surface area contributed by atoms with Crippen LogP contribution in [0.4, 0.5) is 10.5 Å². The third-order valence-electron chi connectivity index (χ3n) is 6.15. The van der Waals surface area contributed by atoms with Crippen LogP contribution in [-0.2, 0) is 4.74 Å². The zero-order chi connectivity index (χ0) is 23.4. The van der Waals surface area contributed by atoms with Crippen LogP contribution in [0.2, 0.25) is 0 Å². The highest BCUT2D eigenvalue weighted by Crippen LogP contribution is 2.44. The molecule has 1 aliphatic carbocycles. The Morgan fingerprint density at radius 3 is 2.15 bits per heavy atom. The summed E-state index contributed by atoms with van der Waals surface area (Å²) >= 11 is 0. The fourth-order valence-electron chi connectivity index (χ4n) is 4.48. The van der Waals surface area contributed by atoms with Crippen molar-refractivity contribution in [3.05, 3.63) is 89.5 Å². The molecule has 1 amide bonds. The summed E-state index contributed by atoms with van der Waals surface area (Å²) in [5.41, 5.74) is 6.16. The average Bonchev–Trinajstić information content (AvgIpc) is 3.16. The third kappa shape index (κ3) is 4.87. The zero-order valence-corrected chi connectivity index (χ0v) is 18.9. The quantitative estimate of drug-likeness (QED) is 0.486. The molecular weight excluding hydrogens is 416 g/mol. The predicted molar refractivity (Wildman–Crippen MR) is 129 cm³/mol. The molecular formula is C27H30N2O4. The Morgan fingerprint density at radius 2 is 1.52 bits per heavy atom. The summed E-state index contributed by atoms with van der Waals surface area (Å²) in [7, 11) is 3.77. The summed E-state index contributed by atoms with van der Waals surface area (Å²) in [6, 6.07) is 23.8. The van der Waals surface area contributed by atoms with Crippen LogP contribution in [-0.4, -0.2) is 49.7 Å². The Bertz CT molecular complexity index is 1070. The molecule has 0 saturated carbocycles. The fraction of sp³-hybridized carbons (Fsp3) is 0.296. The highest BCUT2D eigenvalue weighted by Gasteiger charge is 2.29. The SMILES string of the molecule is CN(C)c1ccccc1C(O)C(O)CCNC(=O)OCC1c2ccccc2-c2ccccc21. The lowest BCUT2D eigenvalue weighted by atomic mass is 9.98. The van der Waals surface area contributed by atoms with Crippen molar-refractivity contribution in [2.75, 3.05) is 32.1 Å². The van der Waals surface area contributed by atoms with Crippen molar-refractivity contribution in [1.29, 1.82) is 0 Å². The number of carbonyl (C=O) groups excluding carboxylic acids is 1. The van der Waals surface area contributed by atoms with Gasteiger partial charge in [-0.05, 0) is 34.7 Å². The molecule has 6 heteroatoms. The number of nitrogens with zero attached hydrogens (tertiary/aromatic N) is 1. The minimum Gasteiger partial charge on any atom is -0.449 e. The molecule has 2 unspecified atom stereocenters. The van der Waals surface area contributed by atoms with E-state index < -0.39 is 18.3 Å². The number of aliphatic hydroxyl groups is 2. The van der Waals surface area contributed by atoms with Gasteiger partial charge >= 0.3 is 6.09 Å². The Balaban J connectivity index is 1.29. The number of hydrogen-bond donors (Lipinski definition) is 3. The van der Waals surface area contributed by atoms with Gasteiger partial charge in [0.2, 0.25) is 0 Å². The summed E-state index contributed by atoms with van der Waals surface area (Å²) in [5.74, 6) is -0.00176. The maximum absolute atomic E-state index is 12.3. The Hall–Kier alpha value is -3.35. The molecule has 2 atom stereocenters. The third-order valence-corrected chi connectivity index (χ3v) is 6.15. The molecule has 0 heterocycles. The molecule has 172 valence electrons. The predicted octanol–water partition coefficient (Wildman–Crippen LogP) is 4.08. The molecule has 0 spiro atoms. The van der Waals surface area contributed by atoms with Gasteiger partial charge in [0.25, 0.3) is 0 Å². The Kier molecular flexibility index (Phi) is 6.96. The number of anilines is 1. The molecule has 3 aromatic carbocycles. The molecule has 1 aliphatic rings. The van der Waals surface area contributed by atoms with Crippen molar-refractivity contribution in [2.24, 2.45) is 0 Å². The second-order valence-electron chi connectivity index (χ2n) is 8.51. The molecule has 0 aliphatic heterocycles. The normalized spacial score (nSPS) is 14.2. The number of fused-ring (bicyclic) bond motifs is 3. The van der Waals surface area contributed by atoms with Gasteiger partial charge < -0.3 is 25.2 Å². The molecule has 0 bridgehead atoms. The van der Waals surface area contributed by atoms with E-state index in [0.29, 0.717) is 5.56 Å². The van der Waals surface area contributed by atoms with E-state index in [2.05, 4.69) is 29.6 Å². The van der Waals surface area contributed by atoms with Crippen molar-refractivity contribution < 1.29 is 19.7 Å². The summed E-state index contributed by atoms with van der Waals surface area (Å²) in [6.07, 6.45) is -2.40. The second kappa shape index (κ2) is 10.1. The molecule has 0 fully saturated rings. The molecule has 6 nitrogen and oxygen atoms in total. The van der Waals surface area contributed by atoms with Gasteiger partial charge in [0.15, 0.2) is 0 Å². The van der Waals surface area contributed by atoms with Crippen molar-refractivity contribution in [3.8, 4) is 11.1 Å². The number of nitrogens with one attached hydrogen (secondary N) is 1. The summed E-state index contributed by atoms with van der Waals surface area (Å²) in [6.45, 7) is 0.431. The van der Waals surface area contributed by atoms with Gasteiger partial charge in [-0.1, -0.05) is 66.7 Å². The van der Waals surface area contributed by atoms with Crippen LogP contribution < -0.4 is 10.2 Å². The highest BCUT2D eigenvalue weighted by atomic mass is 16.5. The zero-order valence-electron chi connectivity index (χ0n) is 18.9. The fourth-order valence-corrected chi connectivity index (χ4v) is 4.48. The lowest BCUT2D eigenvalue weighted by Gasteiger charge is -2.24. The molecule has 33 heavy (non-hydrogen) atoms. The van der Waals surface area contributed by atoms with E-state index >= 15 is 0 Å². The van der Waals surface area contributed by atoms with Crippen LogP contribution in [0.1, 0.15) is 35.1 Å². The lowest BCUT2D eigenvalue weighted by Crippen LogP contribution is -2.31. The van der Waals surface area contributed by atoms with Crippen molar-refractivity contribution in [1.82, 2.24) is 5.32 Å². The first-order valence-electron chi connectivity index (χ1n) is 11.2. The van der Waals surface area contributed by atoms with E-state index in [4.69, 9.17) is 4.74 Å². The van der Waals surface area contributed by atoms with E-state index in [9.17, 15) is 15.0 Å². The van der Waals surface area contributed by atoms with E-state index in [1.165, 1.54) is 11.1 Å². The highest BCUT2D eigenvalue weighted by molar-refractivity contribution is 5.79. The Labute approximate surface area is 194 Å². The molecule has 3 aromatic rings. The first kappa shape index (κ1) is 22.8. The van der Waals surface area contributed by atoms with E-state index in [1.807, 2.05) is 61.5 Å². The van der Waals surface area contributed by atoms with Crippen LogP contribution >= 0.6 is 0 Å². The van der Waals surface area contributed by atoms with Crippen LogP contribution in [0.15, 0.2) is 72.8 Å². The van der Waals surface area contributed by atoms with Crippen molar-refractivity contribution >= 4 is 11.8 Å². The van der Waals surface area contributed by atoms with Crippen LogP contribution in [0.5, 0.6) is 0 Å². The number of aliphatic hydroxyl groups excluding tert-OH is 2. The van der Waals surface area contributed by atoms with Gasteiger partial charge in [-0.25, -0.2) is 4.79 Å². The topological polar surface area (TPSA) is 82.0 Å². The van der Waals surface area contributed by atoms with Crippen molar-refractivity contribution in [3.63, 3.8) is 0 Å². The number of carbonyl (C=O) groups is 1. The number of ether oxygens (including phenoxy) is 1. The summed E-state index contributed by atoms with van der Waals surface area (Å²) in [4.78, 5) is 14.2. The first-order valence-corrected chi connectivity index (χ1v) is 11.2. The van der Waals surface area contributed by atoms with E-state index in [-0.39, 0.29) is 25.5 Å². The van der Waals surface area contributed by atoms with Gasteiger partial charge in [0.1, 0.15) is 12.7 Å². The number of benzene rings is 3. The standard InChI is InChI=1S/C27H30N2O4/c1-29(2)24-14-8-7-13-22(24)26(31)25(30)15-16-28-27(32)33-17-23-20-11-5-3-9-18(20)19-10-4-6-12-21(19)23/h3-14,23,25-26,30-31H,15-17H2,1-2H3,(H,28,32). The first-order chi connectivity index (χ1) is 16.0. The largest absolute Gasteiger partial charge is 0.449 e. The minimum atomic E-state index is -1.05. The number of amides is 1. The smallest absolute Gasteiger partial charge is 0.407 e. The van der Waals surface area contributed by atoms with Gasteiger partial charge in [0.05, 0.1) is 6.10 Å². The van der Waals surface area contributed by atoms with Crippen molar-refractivity contribution in [2.45, 2.75) is 24.5 Å².